The lowest BCUT2D eigenvalue weighted by Gasteiger charge is -2.41. The van der Waals surface area contributed by atoms with Crippen molar-refractivity contribution in [3.8, 4) is 5.75 Å². The lowest BCUT2D eigenvalue weighted by molar-refractivity contribution is -0.141. The zero-order valence-electron chi connectivity index (χ0n) is 21.5. The number of ether oxygens (including phenoxy) is 1. The van der Waals surface area contributed by atoms with E-state index < -0.39 is 40.8 Å². The number of aliphatic carboxylic acids is 1. The standard InChI is InChI=1S/C28H30F5N3O3/c1-39-18-2-3-24-19(14-18)26(23(32)16-35-24)20(29)4-5-28(15-25(37)38)6-9-36(10-7-28)11-8-34-17-12-21(30)27(33)22(31)13-17/h2-3,12-14,16,20,34H,4-11,15H2,1H3,(H,37,38)/t20-/m1/s1. The molecule has 2 aromatic carbocycles. The average Bonchev–Trinajstić information content (AvgIpc) is 2.90. The van der Waals surface area contributed by atoms with E-state index in [1.165, 1.54) is 7.11 Å². The molecule has 3 aromatic rings. The quantitative estimate of drug-likeness (QED) is 0.217. The van der Waals surface area contributed by atoms with Crippen molar-refractivity contribution in [2.45, 2.75) is 38.3 Å². The second-order valence-corrected chi connectivity index (χ2v) is 10.0. The predicted molar refractivity (Wildman–Crippen MR) is 137 cm³/mol. The zero-order valence-corrected chi connectivity index (χ0v) is 21.5. The summed E-state index contributed by atoms with van der Waals surface area (Å²) in [6, 6.07) is 6.59. The van der Waals surface area contributed by atoms with E-state index in [2.05, 4.69) is 15.2 Å². The largest absolute Gasteiger partial charge is 0.497 e. The van der Waals surface area contributed by atoms with Crippen molar-refractivity contribution in [3.63, 3.8) is 0 Å². The van der Waals surface area contributed by atoms with Crippen LogP contribution in [0.2, 0.25) is 0 Å². The van der Waals surface area contributed by atoms with Crippen LogP contribution in [0.15, 0.2) is 36.5 Å². The molecule has 0 unspecified atom stereocenters. The van der Waals surface area contributed by atoms with Gasteiger partial charge in [0.15, 0.2) is 17.5 Å². The van der Waals surface area contributed by atoms with E-state index in [0.717, 1.165) is 18.3 Å². The Balaban J connectivity index is 1.38. The molecule has 0 radical (unpaired) electrons. The summed E-state index contributed by atoms with van der Waals surface area (Å²) < 4.78 is 75.4. The molecule has 2 N–H and O–H groups in total. The Morgan fingerprint density at radius 3 is 2.46 bits per heavy atom. The highest BCUT2D eigenvalue weighted by atomic mass is 19.2. The molecule has 0 bridgehead atoms. The minimum atomic E-state index is -1.66. The Labute approximate surface area is 222 Å². The highest BCUT2D eigenvalue weighted by Crippen LogP contribution is 2.43. The molecular weight excluding hydrogens is 521 g/mol. The zero-order chi connectivity index (χ0) is 28.2. The summed E-state index contributed by atoms with van der Waals surface area (Å²) in [5.74, 6) is -5.38. The third-order valence-corrected chi connectivity index (χ3v) is 7.49. The van der Waals surface area contributed by atoms with E-state index in [-0.39, 0.29) is 30.5 Å². The first-order valence-corrected chi connectivity index (χ1v) is 12.7. The van der Waals surface area contributed by atoms with Crippen molar-refractivity contribution < 1.29 is 36.6 Å². The molecule has 4 rings (SSSR count). The van der Waals surface area contributed by atoms with Crippen molar-refractivity contribution in [2.75, 3.05) is 38.6 Å². The molecule has 210 valence electrons. The fourth-order valence-corrected chi connectivity index (χ4v) is 5.29. The fourth-order valence-electron chi connectivity index (χ4n) is 5.29. The van der Waals surface area contributed by atoms with Crippen molar-refractivity contribution in [3.05, 3.63) is 65.4 Å². The van der Waals surface area contributed by atoms with Crippen LogP contribution in [-0.2, 0) is 4.79 Å². The minimum Gasteiger partial charge on any atom is -0.497 e. The number of carbonyl (C=O) groups is 1. The van der Waals surface area contributed by atoms with Crippen LogP contribution >= 0.6 is 0 Å². The van der Waals surface area contributed by atoms with Crippen molar-refractivity contribution in [2.24, 2.45) is 5.41 Å². The third-order valence-electron chi connectivity index (χ3n) is 7.49. The molecule has 0 spiro atoms. The van der Waals surface area contributed by atoms with E-state index in [0.29, 0.717) is 55.7 Å². The normalized spacial score (nSPS) is 16.3. The van der Waals surface area contributed by atoms with Gasteiger partial charge in [-0.15, -0.1) is 0 Å². The first-order valence-electron chi connectivity index (χ1n) is 12.7. The summed E-state index contributed by atoms with van der Waals surface area (Å²) in [7, 11) is 1.46. The van der Waals surface area contributed by atoms with Gasteiger partial charge in [-0.25, -0.2) is 22.0 Å². The highest BCUT2D eigenvalue weighted by molar-refractivity contribution is 5.84. The second-order valence-electron chi connectivity index (χ2n) is 10.0. The van der Waals surface area contributed by atoms with Crippen LogP contribution in [0, 0.1) is 28.7 Å². The van der Waals surface area contributed by atoms with Gasteiger partial charge in [0.05, 0.1) is 25.2 Å². The monoisotopic (exact) mass is 551 g/mol. The van der Waals surface area contributed by atoms with Gasteiger partial charge in [-0.1, -0.05) is 0 Å². The number of pyridine rings is 1. The molecule has 6 nitrogen and oxygen atoms in total. The molecule has 0 aliphatic carbocycles. The molecule has 1 aliphatic rings. The molecule has 1 aliphatic heterocycles. The summed E-state index contributed by atoms with van der Waals surface area (Å²) in [5, 5.41) is 12.7. The molecule has 39 heavy (non-hydrogen) atoms. The van der Waals surface area contributed by atoms with Crippen molar-refractivity contribution in [1.82, 2.24) is 9.88 Å². The number of nitrogens with one attached hydrogen (secondary N) is 1. The van der Waals surface area contributed by atoms with Crippen molar-refractivity contribution >= 4 is 22.6 Å². The molecule has 1 atom stereocenters. The van der Waals surface area contributed by atoms with Gasteiger partial charge in [0, 0.05) is 41.9 Å². The lowest BCUT2D eigenvalue weighted by atomic mass is 9.71. The van der Waals surface area contributed by atoms with Gasteiger partial charge in [-0.05, 0) is 62.4 Å². The number of aromatic nitrogens is 1. The number of likely N-dealkylation sites (tertiary alicyclic amines) is 1. The maximum atomic E-state index is 15.6. The molecule has 1 aromatic heterocycles. The number of piperidine rings is 1. The Morgan fingerprint density at radius 2 is 1.82 bits per heavy atom. The summed E-state index contributed by atoms with van der Waals surface area (Å²) in [5.41, 5.74) is -0.212. The Kier molecular flexibility index (Phi) is 8.89. The Hall–Kier alpha value is -3.47. The first kappa shape index (κ1) is 28.5. The number of hydrogen-bond donors (Lipinski definition) is 2. The maximum Gasteiger partial charge on any atom is 0.303 e. The molecular formula is C28H30F5N3O3. The number of rotatable bonds is 11. The summed E-state index contributed by atoms with van der Waals surface area (Å²) >= 11 is 0. The average molecular weight is 552 g/mol. The number of halogens is 5. The summed E-state index contributed by atoms with van der Waals surface area (Å²) in [6.45, 7) is 1.93. The molecule has 1 fully saturated rings. The number of hydrogen-bond acceptors (Lipinski definition) is 5. The summed E-state index contributed by atoms with van der Waals surface area (Å²) in [6.07, 6.45) is 0.404. The molecule has 2 heterocycles. The molecule has 1 saturated heterocycles. The number of nitrogens with zero attached hydrogens (tertiary/aromatic N) is 2. The number of methoxy groups -OCH3 is 1. The van der Waals surface area contributed by atoms with Gasteiger partial charge in [0.1, 0.15) is 17.7 Å². The van der Waals surface area contributed by atoms with Crippen LogP contribution in [-0.4, -0.2) is 54.2 Å². The van der Waals surface area contributed by atoms with Crippen LogP contribution in [0.4, 0.5) is 27.6 Å². The molecule has 11 heteroatoms. The predicted octanol–water partition coefficient (Wildman–Crippen LogP) is 6.26. The number of benzene rings is 2. The highest BCUT2D eigenvalue weighted by Gasteiger charge is 2.37. The van der Waals surface area contributed by atoms with E-state index >= 15 is 4.39 Å². The fraction of sp³-hybridized carbons (Fsp3) is 0.429. The van der Waals surface area contributed by atoms with Gasteiger partial charge in [0.25, 0.3) is 0 Å². The van der Waals surface area contributed by atoms with Crippen LogP contribution in [0.1, 0.15) is 43.8 Å². The van der Waals surface area contributed by atoms with E-state index in [1.54, 1.807) is 18.2 Å². The number of alkyl halides is 1. The van der Waals surface area contributed by atoms with Gasteiger partial charge in [-0.2, -0.15) is 0 Å². The number of anilines is 1. The van der Waals surface area contributed by atoms with E-state index in [1.807, 2.05) is 0 Å². The van der Waals surface area contributed by atoms with Gasteiger partial charge in [-0.3, -0.25) is 9.78 Å². The first-order chi connectivity index (χ1) is 18.6. The Bertz CT molecular complexity index is 1310. The van der Waals surface area contributed by atoms with Gasteiger partial charge < -0.3 is 20.1 Å². The lowest BCUT2D eigenvalue weighted by Crippen LogP contribution is -2.43. The van der Waals surface area contributed by atoms with E-state index in [9.17, 15) is 27.5 Å². The van der Waals surface area contributed by atoms with Crippen molar-refractivity contribution in [1.29, 1.82) is 0 Å². The van der Waals surface area contributed by atoms with Crippen LogP contribution < -0.4 is 10.1 Å². The smallest absolute Gasteiger partial charge is 0.303 e. The third kappa shape index (κ3) is 6.76. The van der Waals surface area contributed by atoms with Crippen LogP contribution in [0.25, 0.3) is 10.9 Å². The number of carboxylic acids is 1. The number of fused-ring (bicyclic) bond motifs is 1. The summed E-state index contributed by atoms with van der Waals surface area (Å²) in [4.78, 5) is 17.8. The second kappa shape index (κ2) is 12.1. The Morgan fingerprint density at radius 1 is 1.13 bits per heavy atom. The molecule has 0 amide bonds. The van der Waals surface area contributed by atoms with Gasteiger partial charge in [0.2, 0.25) is 0 Å². The minimum absolute atomic E-state index is 0.0518. The SMILES string of the molecule is COc1ccc2ncc(F)c([C@H](F)CCC3(CC(=O)O)CCN(CCNc4cc(F)c(F)c(F)c4)CC3)c2c1. The maximum absolute atomic E-state index is 15.6. The van der Waals surface area contributed by atoms with Crippen LogP contribution in [0.3, 0.4) is 0 Å². The topological polar surface area (TPSA) is 74.7 Å². The van der Waals surface area contributed by atoms with Gasteiger partial charge >= 0.3 is 5.97 Å². The number of carboxylic acid groups (broad SMARTS) is 1. The van der Waals surface area contributed by atoms with Crippen LogP contribution in [0.5, 0.6) is 5.75 Å². The molecule has 0 saturated carbocycles. The van der Waals surface area contributed by atoms with E-state index in [4.69, 9.17) is 4.74 Å².